The van der Waals surface area contributed by atoms with Crippen molar-refractivity contribution in [3.05, 3.63) is 11.8 Å². The van der Waals surface area contributed by atoms with E-state index in [1.54, 1.807) is 6.20 Å². The van der Waals surface area contributed by atoms with E-state index >= 15 is 0 Å². The first kappa shape index (κ1) is 18.1. The number of rotatable bonds is 9. The van der Waals surface area contributed by atoms with Gasteiger partial charge in [0.25, 0.3) is 10.0 Å². The van der Waals surface area contributed by atoms with Gasteiger partial charge in [-0.3, -0.25) is 5.10 Å². The summed E-state index contributed by atoms with van der Waals surface area (Å²) < 4.78 is 27.5. The third-order valence-electron chi connectivity index (χ3n) is 3.97. The van der Waals surface area contributed by atoms with Gasteiger partial charge in [0.05, 0.1) is 6.20 Å². The molecule has 0 radical (unpaired) electrons. The van der Waals surface area contributed by atoms with Crippen LogP contribution in [0.4, 0.5) is 0 Å². The van der Waals surface area contributed by atoms with Crippen LogP contribution in [-0.2, 0) is 16.6 Å². The van der Waals surface area contributed by atoms with E-state index in [9.17, 15) is 8.42 Å². The van der Waals surface area contributed by atoms with Crippen molar-refractivity contribution in [2.24, 2.45) is 11.3 Å². The van der Waals surface area contributed by atoms with Crippen LogP contribution in [-0.4, -0.2) is 31.7 Å². The van der Waals surface area contributed by atoms with E-state index in [4.69, 9.17) is 0 Å². The van der Waals surface area contributed by atoms with Crippen molar-refractivity contribution in [3.8, 4) is 0 Å². The quantitative estimate of drug-likeness (QED) is 0.607. The van der Waals surface area contributed by atoms with E-state index < -0.39 is 10.0 Å². The van der Waals surface area contributed by atoms with E-state index in [1.807, 2.05) is 0 Å². The molecule has 0 saturated carbocycles. The van der Waals surface area contributed by atoms with Gasteiger partial charge in [0.15, 0.2) is 5.03 Å². The van der Waals surface area contributed by atoms with Crippen LogP contribution in [0.1, 0.15) is 46.6 Å². The third-order valence-corrected chi connectivity index (χ3v) is 5.39. The minimum atomic E-state index is -3.56. The lowest BCUT2D eigenvalue weighted by Gasteiger charge is -2.29. The summed E-state index contributed by atoms with van der Waals surface area (Å²) in [5.74, 6) is 0.382. The molecule has 3 N–H and O–H groups in total. The Morgan fingerprint density at radius 1 is 1.38 bits per heavy atom. The number of nitrogens with one attached hydrogen (secondary N) is 3. The standard InChI is InChI=1S/C14H28N4O2S/c1-6-7-15-8-12-9-16-18-13(12)21(19,20)17-10-14(4,5)11(2)3/h9,11,15,17H,6-8,10H2,1-5H3,(H,16,18). The molecule has 0 aromatic carbocycles. The first-order chi connectivity index (χ1) is 9.70. The second-order valence-corrected chi connectivity index (χ2v) is 8.07. The zero-order valence-corrected chi connectivity index (χ0v) is 14.5. The van der Waals surface area contributed by atoms with Crippen LogP contribution >= 0.6 is 0 Å². The van der Waals surface area contributed by atoms with Crippen molar-refractivity contribution in [1.29, 1.82) is 0 Å². The molecule has 0 amide bonds. The van der Waals surface area contributed by atoms with Crippen LogP contribution in [0, 0.1) is 11.3 Å². The first-order valence-corrected chi connectivity index (χ1v) is 8.91. The van der Waals surface area contributed by atoms with Crippen molar-refractivity contribution in [2.45, 2.75) is 52.6 Å². The molecular formula is C14H28N4O2S. The highest BCUT2D eigenvalue weighted by molar-refractivity contribution is 7.89. The minimum Gasteiger partial charge on any atom is -0.313 e. The molecule has 1 rings (SSSR count). The lowest BCUT2D eigenvalue weighted by atomic mass is 9.81. The predicted octanol–water partition coefficient (Wildman–Crippen LogP) is 1.87. The molecule has 6 nitrogen and oxygen atoms in total. The number of hydrogen-bond donors (Lipinski definition) is 3. The third kappa shape index (κ3) is 5.09. The van der Waals surface area contributed by atoms with Crippen molar-refractivity contribution in [3.63, 3.8) is 0 Å². The maximum atomic E-state index is 12.4. The lowest BCUT2D eigenvalue weighted by Crippen LogP contribution is -2.37. The number of aromatic amines is 1. The fraction of sp³-hybridized carbons (Fsp3) is 0.786. The topological polar surface area (TPSA) is 86.9 Å². The highest BCUT2D eigenvalue weighted by Crippen LogP contribution is 2.25. The van der Waals surface area contributed by atoms with Gasteiger partial charge in [-0.25, -0.2) is 13.1 Å². The Morgan fingerprint density at radius 2 is 2.05 bits per heavy atom. The molecule has 0 aliphatic carbocycles. The molecule has 0 spiro atoms. The fourth-order valence-corrected chi connectivity index (χ4v) is 2.96. The summed E-state index contributed by atoms with van der Waals surface area (Å²) >= 11 is 0. The van der Waals surface area contributed by atoms with Gasteiger partial charge in [0, 0.05) is 18.7 Å². The Balaban J connectivity index is 2.77. The van der Waals surface area contributed by atoms with Crippen LogP contribution in [0.15, 0.2) is 11.2 Å². The molecule has 0 aliphatic heterocycles. The predicted molar refractivity (Wildman–Crippen MR) is 84.4 cm³/mol. The van der Waals surface area contributed by atoms with Gasteiger partial charge in [-0.15, -0.1) is 0 Å². The summed E-state index contributed by atoms with van der Waals surface area (Å²) in [6.45, 7) is 12.1. The van der Waals surface area contributed by atoms with Gasteiger partial charge < -0.3 is 5.32 Å². The Bertz CT molecular complexity index is 535. The SMILES string of the molecule is CCCNCc1cn[nH]c1S(=O)(=O)NCC(C)(C)C(C)C. The Morgan fingerprint density at radius 3 is 2.62 bits per heavy atom. The molecule has 0 saturated heterocycles. The fourth-order valence-electron chi connectivity index (χ4n) is 1.61. The molecular weight excluding hydrogens is 288 g/mol. The Hall–Kier alpha value is -0.920. The van der Waals surface area contributed by atoms with Gasteiger partial charge >= 0.3 is 0 Å². The molecule has 21 heavy (non-hydrogen) atoms. The second kappa shape index (κ2) is 7.38. The second-order valence-electron chi connectivity index (χ2n) is 6.37. The van der Waals surface area contributed by atoms with Crippen LogP contribution < -0.4 is 10.0 Å². The molecule has 0 fully saturated rings. The molecule has 0 atom stereocenters. The summed E-state index contributed by atoms with van der Waals surface area (Å²) in [7, 11) is -3.56. The molecule has 1 heterocycles. The van der Waals surface area contributed by atoms with Crippen molar-refractivity contribution in [1.82, 2.24) is 20.2 Å². The Kier molecular flexibility index (Phi) is 6.37. The molecule has 0 unspecified atom stereocenters. The lowest BCUT2D eigenvalue weighted by molar-refractivity contribution is 0.252. The number of nitrogens with zero attached hydrogens (tertiary/aromatic N) is 1. The van der Waals surface area contributed by atoms with Crippen LogP contribution in [0.5, 0.6) is 0 Å². The van der Waals surface area contributed by atoms with Crippen molar-refractivity contribution < 1.29 is 8.42 Å². The molecule has 0 aliphatic rings. The number of hydrogen-bond acceptors (Lipinski definition) is 4. The molecule has 1 aromatic heterocycles. The average Bonchev–Trinajstić information content (AvgIpc) is 2.86. The highest BCUT2D eigenvalue weighted by Gasteiger charge is 2.27. The van der Waals surface area contributed by atoms with Crippen LogP contribution in [0.2, 0.25) is 0 Å². The molecule has 7 heteroatoms. The summed E-state index contributed by atoms with van der Waals surface area (Å²) in [5.41, 5.74) is 0.562. The normalized spacial score (nSPS) is 13.0. The average molecular weight is 316 g/mol. The molecule has 1 aromatic rings. The van der Waals surface area contributed by atoms with Crippen molar-refractivity contribution in [2.75, 3.05) is 13.1 Å². The number of aromatic nitrogens is 2. The van der Waals surface area contributed by atoms with Gasteiger partial charge in [-0.2, -0.15) is 5.10 Å². The summed E-state index contributed by atoms with van der Waals surface area (Å²) in [6, 6.07) is 0. The Labute approximate surface area is 128 Å². The highest BCUT2D eigenvalue weighted by atomic mass is 32.2. The summed E-state index contributed by atoms with van der Waals surface area (Å²) in [6.07, 6.45) is 2.56. The maximum Gasteiger partial charge on any atom is 0.257 e. The van der Waals surface area contributed by atoms with Crippen LogP contribution in [0.25, 0.3) is 0 Å². The van der Waals surface area contributed by atoms with Crippen LogP contribution in [0.3, 0.4) is 0 Å². The van der Waals surface area contributed by atoms with E-state index in [2.05, 4.69) is 54.9 Å². The smallest absolute Gasteiger partial charge is 0.257 e. The summed E-state index contributed by atoms with van der Waals surface area (Å²) in [4.78, 5) is 0. The minimum absolute atomic E-state index is 0.103. The zero-order chi connectivity index (χ0) is 16.1. The van der Waals surface area contributed by atoms with E-state index in [1.165, 1.54) is 0 Å². The summed E-state index contributed by atoms with van der Waals surface area (Å²) in [5, 5.41) is 9.81. The van der Waals surface area contributed by atoms with E-state index in [0.29, 0.717) is 24.6 Å². The molecule has 0 bridgehead atoms. The molecule has 122 valence electrons. The zero-order valence-electron chi connectivity index (χ0n) is 13.7. The first-order valence-electron chi connectivity index (χ1n) is 7.43. The number of H-pyrrole nitrogens is 1. The largest absolute Gasteiger partial charge is 0.313 e. The van der Waals surface area contributed by atoms with Gasteiger partial charge in [-0.05, 0) is 24.3 Å². The monoisotopic (exact) mass is 316 g/mol. The van der Waals surface area contributed by atoms with Crippen molar-refractivity contribution >= 4 is 10.0 Å². The van der Waals surface area contributed by atoms with Gasteiger partial charge in [-0.1, -0.05) is 34.6 Å². The van der Waals surface area contributed by atoms with E-state index in [0.717, 1.165) is 13.0 Å². The number of sulfonamides is 1. The van der Waals surface area contributed by atoms with Gasteiger partial charge in [0.2, 0.25) is 0 Å². The van der Waals surface area contributed by atoms with Gasteiger partial charge in [0.1, 0.15) is 0 Å². The van der Waals surface area contributed by atoms with E-state index in [-0.39, 0.29) is 10.4 Å². The maximum absolute atomic E-state index is 12.4.